The normalized spacial score (nSPS) is 10.6. The minimum absolute atomic E-state index is 0.105. The van der Waals surface area contributed by atoms with Crippen molar-refractivity contribution in [3.63, 3.8) is 0 Å². The van der Waals surface area contributed by atoms with Crippen molar-refractivity contribution >= 4 is 23.2 Å². The highest BCUT2D eigenvalue weighted by Gasteiger charge is 2.09. The molecule has 0 bridgehead atoms. The number of benzene rings is 2. The SMILES string of the molecule is Cc1cccc(Nc2ncc(C(=O)Nc3ccc(OC(C)C)cc3)cn2)c1C. The maximum Gasteiger partial charge on any atom is 0.258 e. The first-order valence-electron chi connectivity index (χ1n) is 9.15. The van der Waals surface area contributed by atoms with E-state index >= 15 is 0 Å². The second-order valence-corrected chi connectivity index (χ2v) is 6.81. The average molecular weight is 376 g/mol. The molecule has 3 aromatic rings. The molecule has 28 heavy (non-hydrogen) atoms. The van der Waals surface area contributed by atoms with Crippen LogP contribution in [0.5, 0.6) is 5.75 Å². The fraction of sp³-hybridized carbons (Fsp3) is 0.227. The van der Waals surface area contributed by atoms with Gasteiger partial charge in [-0.2, -0.15) is 0 Å². The van der Waals surface area contributed by atoms with Crippen molar-refractivity contribution < 1.29 is 9.53 Å². The number of carbonyl (C=O) groups excluding carboxylic acids is 1. The van der Waals surface area contributed by atoms with Crippen molar-refractivity contribution in [1.29, 1.82) is 0 Å². The molecule has 0 unspecified atom stereocenters. The van der Waals surface area contributed by atoms with Gasteiger partial charge in [0.25, 0.3) is 5.91 Å². The standard InChI is InChI=1S/C22H24N4O2/c1-14(2)28-19-10-8-18(9-11-19)25-21(27)17-12-23-22(24-13-17)26-20-7-5-6-15(3)16(20)4/h5-14H,1-4H3,(H,25,27)(H,23,24,26). The van der Waals surface area contributed by atoms with Gasteiger partial charge in [-0.05, 0) is 69.2 Å². The van der Waals surface area contributed by atoms with E-state index in [1.54, 1.807) is 12.1 Å². The zero-order chi connectivity index (χ0) is 20.1. The summed E-state index contributed by atoms with van der Waals surface area (Å²) in [7, 11) is 0. The Morgan fingerprint density at radius 1 is 1.00 bits per heavy atom. The summed E-state index contributed by atoms with van der Waals surface area (Å²) in [4.78, 5) is 20.9. The lowest BCUT2D eigenvalue weighted by Gasteiger charge is -2.11. The van der Waals surface area contributed by atoms with Gasteiger partial charge in [0.1, 0.15) is 5.75 Å². The highest BCUT2D eigenvalue weighted by atomic mass is 16.5. The highest BCUT2D eigenvalue weighted by molar-refractivity contribution is 6.03. The summed E-state index contributed by atoms with van der Waals surface area (Å²) in [5, 5.41) is 6.01. The van der Waals surface area contributed by atoms with Crippen LogP contribution in [0.4, 0.5) is 17.3 Å². The molecule has 6 nitrogen and oxygen atoms in total. The average Bonchev–Trinajstić information content (AvgIpc) is 2.67. The molecule has 1 aromatic heterocycles. The number of aryl methyl sites for hydroxylation is 1. The van der Waals surface area contributed by atoms with Gasteiger partial charge >= 0.3 is 0 Å². The van der Waals surface area contributed by atoms with E-state index in [0.29, 0.717) is 17.2 Å². The second-order valence-electron chi connectivity index (χ2n) is 6.81. The zero-order valence-electron chi connectivity index (χ0n) is 16.5. The van der Waals surface area contributed by atoms with Crippen molar-refractivity contribution in [3.05, 3.63) is 71.5 Å². The molecule has 0 radical (unpaired) electrons. The fourth-order valence-electron chi connectivity index (χ4n) is 2.61. The van der Waals surface area contributed by atoms with E-state index in [4.69, 9.17) is 4.74 Å². The Balaban J connectivity index is 1.64. The monoisotopic (exact) mass is 376 g/mol. The molecule has 1 amide bonds. The summed E-state index contributed by atoms with van der Waals surface area (Å²) >= 11 is 0. The van der Waals surface area contributed by atoms with Gasteiger partial charge in [0, 0.05) is 23.8 Å². The van der Waals surface area contributed by atoms with E-state index in [0.717, 1.165) is 17.0 Å². The predicted molar refractivity (Wildman–Crippen MR) is 111 cm³/mol. The van der Waals surface area contributed by atoms with E-state index in [-0.39, 0.29) is 12.0 Å². The molecule has 1 heterocycles. The molecule has 144 valence electrons. The number of hydrogen-bond acceptors (Lipinski definition) is 5. The summed E-state index contributed by atoms with van der Waals surface area (Å²) in [6, 6.07) is 13.2. The van der Waals surface area contributed by atoms with Crippen molar-refractivity contribution in [2.75, 3.05) is 10.6 Å². The number of amides is 1. The van der Waals surface area contributed by atoms with Crippen LogP contribution in [0.25, 0.3) is 0 Å². The first-order chi connectivity index (χ1) is 13.4. The van der Waals surface area contributed by atoms with Gasteiger partial charge in [-0.1, -0.05) is 12.1 Å². The molecule has 2 aromatic carbocycles. The second kappa shape index (κ2) is 8.52. The lowest BCUT2D eigenvalue weighted by molar-refractivity contribution is 0.102. The quantitative estimate of drug-likeness (QED) is 0.641. The van der Waals surface area contributed by atoms with Gasteiger partial charge in [0.2, 0.25) is 5.95 Å². The van der Waals surface area contributed by atoms with Gasteiger partial charge in [-0.3, -0.25) is 4.79 Å². The van der Waals surface area contributed by atoms with Gasteiger partial charge in [0.15, 0.2) is 0 Å². The fourth-order valence-corrected chi connectivity index (χ4v) is 2.61. The Morgan fingerprint density at radius 2 is 1.68 bits per heavy atom. The van der Waals surface area contributed by atoms with E-state index in [9.17, 15) is 4.79 Å². The maximum absolute atomic E-state index is 12.4. The molecule has 2 N–H and O–H groups in total. The summed E-state index contributed by atoms with van der Waals surface area (Å²) < 4.78 is 5.60. The maximum atomic E-state index is 12.4. The molecule has 0 saturated heterocycles. The predicted octanol–water partition coefficient (Wildman–Crippen LogP) is 4.88. The van der Waals surface area contributed by atoms with Crippen LogP contribution in [0, 0.1) is 13.8 Å². The number of aromatic nitrogens is 2. The van der Waals surface area contributed by atoms with E-state index < -0.39 is 0 Å². The molecule has 0 saturated carbocycles. The zero-order valence-corrected chi connectivity index (χ0v) is 16.5. The number of ether oxygens (including phenoxy) is 1. The van der Waals surface area contributed by atoms with Crippen LogP contribution in [0.2, 0.25) is 0 Å². The van der Waals surface area contributed by atoms with Crippen LogP contribution in [0.15, 0.2) is 54.9 Å². The van der Waals surface area contributed by atoms with Crippen LogP contribution >= 0.6 is 0 Å². The summed E-state index contributed by atoms with van der Waals surface area (Å²) in [5.74, 6) is 0.939. The number of nitrogens with zero attached hydrogens (tertiary/aromatic N) is 2. The van der Waals surface area contributed by atoms with Crippen LogP contribution < -0.4 is 15.4 Å². The molecule has 3 rings (SSSR count). The third-order valence-electron chi connectivity index (χ3n) is 4.25. The molecule has 0 aliphatic carbocycles. The molecule has 0 spiro atoms. The first-order valence-corrected chi connectivity index (χ1v) is 9.15. The molecule has 0 aliphatic rings. The molecular weight excluding hydrogens is 352 g/mol. The Morgan fingerprint density at radius 3 is 2.32 bits per heavy atom. The van der Waals surface area contributed by atoms with Crippen LogP contribution in [-0.2, 0) is 0 Å². The van der Waals surface area contributed by atoms with E-state index in [2.05, 4.69) is 33.6 Å². The van der Waals surface area contributed by atoms with Gasteiger partial charge < -0.3 is 15.4 Å². The number of hydrogen-bond donors (Lipinski definition) is 2. The molecular formula is C22H24N4O2. The largest absolute Gasteiger partial charge is 0.491 e. The number of nitrogens with one attached hydrogen (secondary N) is 2. The van der Waals surface area contributed by atoms with Crippen LogP contribution in [0.1, 0.15) is 35.3 Å². The van der Waals surface area contributed by atoms with Crippen molar-refractivity contribution in [2.45, 2.75) is 33.8 Å². The topological polar surface area (TPSA) is 76.1 Å². The number of anilines is 3. The van der Waals surface area contributed by atoms with Gasteiger partial charge in [-0.25, -0.2) is 9.97 Å². The molecule has 0 fully saturated rings. The van der Waals surface area contributed by atoms with Crippen molar-refractivity contribution in [1.82, 2.24) is 9.97 Å². The Kier molecular flexibility index (Phi) is 5.89. The van der Waals surface area contributed by atoms with Gasteiger partial charge in [-0.15, -0.1) is 0 Å². The molecule has 6 heteroatoms. The Hall–Kier alpha value is -3.41. The third kappa shape index (κ3) is 4.85. The van der Waals surface area contributed by atoms with Crippen LogP contribution in [-0.4, -0.2) is 22.0 Å². The number of rotatable bonds is 6. The summed E-state index contributed by atoms with van der Waals surface area (Å²) in [6.45, 7) is 8.02. The van der Waals surface area contributed by atoms with Gasteiger partial charge in [0.05, 0.1) is 11.7 Å². The summed E-state index contributed by atoms with van der Waals surface area (Å²) in [5.41, 5.74) is 4.33. The van der Waals surface area contributed by atoms with Crippen molar-refractivity contribution in [2.24, 2.45) is 0 Å². The number of carbonyl (C=O) groups is 1. The minimum Gasteiger partial charge on any atom is -0.491 e. The minimum atomic E-state index is -0.268. The lowest BCUT2D eigenvalue weighted by atomic mass is 10.1. The van der Waals surface area contributed by atoms with E-state index in [1.165, 1.54) is 18.0 Å². The summed E-state index contributed by atoms with van der Waals surface area (Å²) in [6.07, 6.45) is 3.12. The van der Waals surface area contributed by atoms with E-state index in [1.807, 2.05) is 45.0 Å². The smallest absolute Gasteiger partial charge is 0.258 e. The third-order valence-corrected chi connectivity index (χ3v) is 4.25. The lowest BCUT2D eigenvalue weighted by Crippen LogP contribution is -2.13. The van der Waals surface area contributed by atoms with Crippen LogP contribution in [0.3, 0.4) is 0 Å². The first kappa shape index (κ1) is 19.4. The molecule has 0 aliphatic heterocycles. The molecule has 0 atom stereocenters. The Bertz CT molecular complexity index is 951. The van der Waals surface area contributed by atoms with Crippen molar-refractivity contribution in [3.8, 4) is 5.75 Å². The highest BCUT2D eigenvalue weighted by Crippen LogP contribution is 2.21. The Labute approximate surface area is 165 Å².